The summed E-state index contributed by atoms with van der Waals surface area (Å²) in [6.45, 7) is 3.30. The highest BCUT2D eigenvalue weighted by Gasteiger charge is 2.26. The molecule has 0 saturated carbocycles. The summed E-state index contributed by atoms with van der Waals surface area (Å²) in [5, 5.41) is 6.03. The molecule has 0 radical (unpaired) electrons. The van der Waals surface area contributed by atoms with Crippen LogP contribution in [0.25, 0.3) is 10.1 Å². The molecular formula is C21H19Cl2N3OS2. The molecule has 1 saturated heterocycles. The van der Waals surface area contributed by atoms with Crippen molar-refractivity contribution in [2.45, 2.75) is 6.54 Å². The summed E-state index contributed by atoms with van der Waals surface area (Å²) >= 11 is 19.5. The van der Waals surface area contributed by atoms with Gasteiger partial charge in [0.05, 0.1) is 5.02 Å². The number of benzene rings is 2. The lowest BCUT2D eigenvalue weighted by molar-refractivity contribution is 0.0696. The van der Waals surface area contributed by atoms with Crippen molar-refractivity contribution in [2.24, 2.45) is 0 Å². The average Bonchev–Trinajstić information content (AvgIpc) is 3.08. The first-order valence-corrected chi connectivity index (χ1v) is 11.2. The van der Waals surface area contributed by atoms with Crippen molar-refractivity contribution in [1.82, 2.24) is 15.1 Å². The maximum Gasteiger partial charge on any atom is 0.265 e. The zero-order valence-corrected chi connectivity index (χ0v) is 18.7. The molecule has 1 N–H and O–H groups in total. The van der Waals surface area contributed by atoms with E-state index in [1.807, 2.05) is 35.2 Å². The van der Waals surface area contributed by atoms with Crippen LogP contribution in [0, 0.1) is 0 Å². The number of carbonyl (C=O) groups excluding carboxylic acids is 1. The van der Waals surface area contributed by atoms with Crippen molar-refractivity contribution in [3.8, 4) is 0 Å². The highest BCUT2D eigenvalue weighted by atomic mass is 35.5. The number of amides is 1. The number of fused-ring (bicyclic) bond motifs is 1. The van der Waals surface area contributed by atoms with Crippen molar-refractivity contribution in [1.29, 1.82) is 0 Å². The second kappa shape index (κ2) is 8.88. The van der Waals surface area contributed by atoms with Gasteiger partial charge in [-0.25, -0.2) is 0 Å². The molecule has 150 valence electrons. The summed E-state index contributed by atoms with van der Waals surface area (Å²) in [6.07, 6.45) is 0. The van der Waals surface area contributed by atoms with Gasteiger partial charge >= 0.3 is 0 Å². The van der Waals surface area contributed by atoms with E-state index >= 15 is 0 Å². The quantitative estimate of drug-likeness (QED) is 0.551. The minimum atomic E-state index is -0.0323. The first-order chi connectivity index (χ1) is 14.0. The smallest absolute Gasteiger partial charge is 0.265 e. The van der Waals surface area contributed by atoms with Gasteiger partial charge in [0.15, 0.2) is 5.11 Å². The van der Waals surface area contributed by atoms with Gasteiger partial charge in [0.2, 0.25) is 0 Å². The molecule has 29 heavy (non-hydrogen) atoms. The molecule has 1 aliphatic rings. The van der Waals surface area contributed by atoms with Crippen LogP contribution in [0.4, 0.5) is 0 Å². The Morgan fingerprint density at radius 2 is 1.72 bits per heavy atom. The molecule has 0 spiro atoms. The molecule has 1 amide bonds. The lowest BCUT2D eigenvalue weighted by atomic mass is 10.2. The standard InChI is InChI=1S/C21H19Cl2N3OS2/c22-15-6-7-16-17(12-15)29-19(18(16)23)20(27)25-8-10-26(11-9-25)21(28)24-13-14-4-2-1-3-5-14/h1-7,12H,8-11,13H2,(H,24,28). The number of hydrogen-bond donors (Lipinski definition) is 1. The zero-order chi connectivity index (χ0) is 20.4. The minimum absolute atomic E-state index is 0.0323. The van der Waals surface area contributed by atoms with Crippen LogP contribution in [0.2, 0.25) is 10.0 Å². The zero-order valence-electron chi connectivity index (χ0n) is 15.5. The number of nitrogens with zero attached hydrogens (tertiary/aromatic N) is 2. The van der Waals surface area contributed by atoms with E-state index in [0.29, 0.717) is 47.6 Å². The molecule has 2 aromatic carbocycles. The van der Waals surface area contributed by atoms with Crippen LogP contribution in [-0.2, 0) is 6.54 Å². The molecule has 0 bridgehead atoms. The van der Waals surface area contributed by atoms with Crippen LogP contribution in [-0.4, -0.2) is 47.0 Å². The highest BCUT2D eigenvalue weighted by molar-refractivity contribution is 7.80. The number of thiocarbonyl (C=S) groups is 1. The van der Waals surface area contributed by atoms with Crippen molar-refractivity contribution in [2.75, 3.05) is 26.2 Å². The molecule has 3 aromatic rings. The topological polar surface area (TPSA) is 35.6 Å². The van der Waals surface area contributed by atoms with Crippen LogP contribution in [0.1, 0.15) is 15.2 Å². The summed E-state index contributed by atoms with van der Waals surface area (Å²) in [5.74, 6) is -0.0323. The Bertz CT molecular complexity index is 1050. The number of piperazine rings is 1. The van der Waals surface area contributed by atoms with Crippen molar-refractivity contribution >= 4 is 67.9 Å². The van der Waals surface area contributed by atoms with Gasteiger partial charge in [0.25, 0.3) is 5.91 Å². The van der Waals surface area contributed by atoms with Gasteiger partial charge in [0, 0.05) is 47.8 Å². The SMILES string of the molecule is O=C(c1sc2cc(Cl)ccc2c1Cl)N1CCN(C(=S)NCc2ccccc2)CC1. The first kappa shape index (κ1) is 20.4. The van der Waals surface area contributed by atoms with Crippen molar-refractivity contribution < 1.29 is 4.79 Å². The van der Waals surface area contributed by atoms with Gasteiger partial charge in [-0.2, -0.15) is 0 Å². The monoisotopic (exact) mass is 463 g/mol. The fourth-order valence-electron chi connectivity index (χ4n) is 3.32. The molecule has 8 heteroatoms. The van der Waals surface area contributed by atoms with E-state index in [2.05, 4.69) is 22.3 Å². The third-order valence-electron chi connectivity index (χ3n) is 4.93. The molecule has 0 unspecified atom stereocenters. The fraction of sp³-hybridized carbons (Fsp3) is 0.238. The summed E-state index contributed by atoms with van der Waals surface area (Å²) in [7, 11) is 0. The van der Waals surface area contributed by atoms with Gasteiger partial charge < -0.3 is 15.1 Å². The van der Waals surface area contributed by atoms with E-state index in [1.54, 1.807) is 6.07 Å². The van der Waals surface area contributed by atoms with Gasteiger partial charge in [-0.1, -0.05) is 59.6 Å². The van der Waals surface area contributed by atoms with Crippen LogP contribution >= 0.6 is 46.8 Å². The predicted octanol–water partition coefficient (Wildman–Crippen LogP) is 5.04. The number of halogens is 2. The Morgan fingerprint density at radius 3 is 2.45 bits per heavy atom. The largest absolute Gasteiger partial charge is 0.358 e. The van der Waals surface area contributed by atoms with Crippen LogP contribution in [0.15, 0.2) is 48.5 Å². The Kier molecular flexibility index (Phi) is 6.25. The minimum Gasteiger partial charge on any atom is -0.358 e. The molecule has 1 fully saturated rings. The lowest BCUT2D eigenvalue weighted by Crippen LogP contribution is -2.52. The van der Waals surface area contributed by atoms with E-state index in [9.17, 15) is 4.79 Å². The van der Waals surface area contributed by atoms with Gasteiger partial charge in [-0.3, -0.25) is 4.79 Å². The van der Waals surface area contributed by atoms with E-state index in [-0.39, 0.29) is 5.91 Å². The lowest BCUT2D eigenvalue weighted by Gasteiger charge is -2.36. The summed E-state index contributed by atoms with van der Waals surface area (Å²) < 4.78 is 0.927. The number of carbonyl (C=O) groups is 1. The summed E-state index contributed by atoms with van der Waals surface area (Å²) in [4.78, 5) is 17.5. The van der Waals surface area contributed by atoms with Crippen molar-refractivity contribution in [3.05, 3.63) is 69.0 Å². The van der Waals surface area contributed by atoms with Gasteiger partial charge in [-0.05, 0) is 29.9 Å². The molecule has 2 heterocycles. The van der Waals surface area contributed by atoms with Crippen LogP contribution in [0.5, 0.6) is 0 Å². The molecule has 0 aliphatic carbocycles. The van der Waals surface area contributed by atoms with Gasteiger partial charge in [-0.15, -0.1) is 11.3 Å². The average molecular weight is 464 g/mol. The second-order valence-electron chi connectivity index (χ2n) is 6.81. The molecule has 4 rings (SSSR count). The van der Waals surface area contributed by atoms with E-state index < -0.39 is 0 Å². The summed E-state index contributed by atoms with van der Waals surface area (Å²) in [6, 6.07) is 15.6. The Hall–Kier alpha value is -1.86. The molecule has 1 aromatic heterocycles. The number of nitrogens with one attached hydrogen (secondary N) is 1. The predicted molar refractivity (Wildman–Crippen MR) is 125 cm³/mol. The maximum atomic E-state index is 13.0. The van der Waals surface area contributed by atoms with Crippen LogP contribution < -0.4 is 5.32 Å². The number of rotatable bonds is 3. The Balaban J connectivity index is 1.36. The number of thiophene rings is 1. The molecular weight excluding hydrogens is 445 g/mol. The Labute approximate surface area is 189 Å². The molecule has 4 nitrogen and oxygen atoms in total. The highest BCUT2D eigenvalue weighted by Crippen LogP contribution is 2.37. The fourth-order valence-corrected chi connectivity index (χ4v) is 5.33. The Morgan fingerprint density at radius 1 is 1.03 bits per heavy atom. The van der Waals surface area contributed by atoms with Crippen LogP contribution in [0.3, 0.4) is 0 Å². The maximum absolute atomic E-state index is 13.0. The summed E-state index contributed by atoms with van der Waals surface area (Å²) in [5.41, 5.74) is 1.18. The van der Waals surface area contributed by atoms with E-state index in [4.69, 9.17) is 35.4 Å². The first-order valence-electron chi connectivity index (χ1n) is 9.26. The molecule has 0 atom stereocenters. The number of hydrogen-bond acceptors (Lipinski definition) is 3. The third kappa shape index (κ3) is 4.51. The molecule has 1 aliphatic heterocycles. The van der Waals surface area contributed by atoms with E-state index in [1.165, 1.54) is 16.9 Å². The third-order valence-corrected chi connectivity index (χ3v) is 7.21. The second-order valence-corrected chi connectivity index (χ2v) is 9.06. The normalized spacial score (nSPS) is 14.3. The van der Waals surface area contributed by atoms with E-state index in [0.717, 1.165) is 15.2 Å². The van der Waals surface area contributed by atoms with Crippen molar-refractivity contribution in [3.63, 3.8) is 0 Å². The van der Waals surface area contributed by atoms with Gasteiger partial charge in [0.1, 0.15) is 4.88 Å².